The van der Waals surface area contributed by atoms with Crippen molar-refractivity contribution in [3.8, 4) is 5.75 Å². The Morgan fingerprint density at radius 1 is 0.951 bits per heavy atom. The van der Waals surface area contributed by atoms with Crippen LogP contribution in [-0.2, 0) is 36.4 Å². The van der Waals surface area contributed by atoms with Crippen LogP contribution in [0.3, 0.4) is 0 Å². The Kier molecular flexibility index (Phi) is 13.1. The lowest BCUT2D eigenvalue weighted by atomic mass is 9.96. The molecule has 3 unspecified atom stereocenters. The summed E-state index contributed by atoms with van der Waals surface area (Å²) in [5, 5.41) is 6.59. The SMILES string of the molecule is CCCOC(=O)[C@H](C)NP(=O)(Oc1ccccc1)C(F)c1ccc2ccc(C(=O)N[C@H]3CCCC[C@H]4CC[C@@H](C(=O)N5CCC(F)(c6ccn(C)c(=O)c6)C5)N4C3=O)cc2c1. The van der Waals surface area contributed by atoms with Crippen molar-refractivity contribution >= 4 is 42.0 Å². The highest BCUT2D eigenvalue weighted by Gasteiger charge is 2.49. The molecule has 3 aliphatic rings. The van der Waals surface area contributed by atoms with Gasteiger partial charge in [-0.25, -0.2) is 13.9 Å². The first kappa shape index (κ1) is 43.7. The van der Waals surface area contributed by atoms with Crippen molar-refractivity contribution in [2.75, 3.05) is 19.7 Å². The highest BCUT2D eigenvalue weighted by Crippen LogP contribution is 2.58. The number of amides is 3. The van der Waals surface area contributed by atoms with E-state index in [-0.39, 0.29) is 72.0 Å². The topological polar surface area (TPSA) is 156 Å². The Bertz CT molecular complexity index is 2400. The van der Waals surface area contributed by atoms with Gasteiger partial charge >= 0.3 is 13.5 Å². The number of rotatable bonds is 13. The normalized spacial score (nSPS) is 23.6. The zero-order valence-electron chi connectivity index (χ0n) is 34.6. The van der Waals surface area contributed by atoms with Crippen molar-refractivity contribution in [1.82, 2.24) is 24.8 Å². The summed E-state index contributed by atoms with van der Waals surface area (Å²) >= 11 is 0. The lowest BCUT2D eigenvalue weighted by molar-refractivity contribution is -0.146. The first-order valence-corrected chi connectivity index (χ1v) is 22.6. The average Bonchev–Trinajstić information content (AvgIpc) is 3.87. The monoisotopic (exact) mass is 859 g/mol. The molecule has 324 valence electrons. The van der Waals surface area contributed by atoms with Crippen LogP contribution in [0.1, 0.15) is 92.6 Å². The number of halogens is 2. The Hall–Kier alpha value is -5.40. The number of benzene rings is 3. The molecule has 0 radical (unpaired) electrons. The molecule has 1 aromatic heterocycles. The molecule has 3 aromatic carbocycles. The molecular formula is C45H52F2N5O8P. The minimum atomic E-state index is -4.49. The highest BCUT2D eigenvalue weighted by atomic mass is 31.2. The number of aromatic nitrogens is 1. The molecule has 4 heterocycles. The molecule has 3 aliphatic heterocycles. The zero-order chi connectivity index (χ0) is 43.5. The van der Waals surface area contributed by atoms with E-state index in [1.54, 1.807) is 60.5 Å². The van der Waals surface area contributed by atoms with E-state index in [0.29, 0.717) is 49.3 Å². The standard InChI is InChI=1S/C45H52F2N5O8P/c1-4-24-59-44(57)29(2)49-61(58,60-36-11-6-5-7-12-36)40(46)31-16-14-30-15-17-32(26-33(30)25-31)41(54)48-37-13-9-8-10-35-18-19-38(52(35)42(37)55)43(56)51-23-21-45(47,28-51)34-20-22-50(3)39(53)27-34/h5-7,11-12,14-17,20,22,25-27,29,35,37-38,40H,4,8-10,13,18-19,21,23-24,28H2,1-3H3,(H,48,54)(H,49,58)/t29-,35-,37-,38-,40?,45?,61?/m0/s1. The second-order valence-electron chi connectivity index (χ2n) is 16.3. The minimum absolute atomic E-state index is 0.0204. The molecule has 0 spiro atoms. The third kappa shape index (κ3) is 9.43. The van der Waals surface area contributed by atoms with Crippen LogP contribution in [0, 0.1) is 0 Å². The van der Waals surface area contributed by atoms with Gasteiger partial charge in [0.1, 0.15) is 23.9 Å². The number of esters is 1. The first-order chi connectivity index (χ1) is 29.2. The number of ether oxygens (including phenoxy) is 1. The van der Waals surface area contributed by atoms with E-state index in [4.69, 9.17) is 9.26 Å². The fraction of sp³-hybridized carbons (Fsp3) is 0.444. The summed E-state index contributed by atoms with van der Waals surface area (Å²) in [4.78, 5) is 70.2. The fourth-order valence-electron chi connectivity index (χ4n) is 8.56. The second kappa shape index (κ2) is 18.3. The van der Waals surface area contributed by atoms with Gasteiger partial charge in [-0.1, -0.05) is 56.2 Å². The number of carbonyl (C=O) groups is 4. The molecule has 13 nitrogen and oxygen atoms in total. The van der Waals surface area contributed by atoms with Crippen LogP contribution < -0.4 is 20.5 Å². The van der Waals surface area contributed by atoms with Crippen LogP contribution in [0.2, 0.25) is 0 Å². The lowest BCUT2D eigenvalue weighted by Gasteiger charge is -2.36. The Morgan fingerprint density at radius 3 is 2.46 bits per heavy atom. The minimum Gasteiger partial charge on any atom is -0.465 e. The van der Waals surface area contributed by atoms with Crippen molar-refractivity contribution in [2.45, 2.75) is 101 Å². The average molecular weight is 860 g/mol. The number of para-hydroxylation sites is 1. The number of nitrogens with zero attached hydrogens (tertiary/aromatic N) is 3. The van der Waals surface area contributed by atoms with E-state index in [2.05, 4.69) is 10.4 Å². The van der Waals surface area contributed by atoms with Crippen molar-refractivity contribution in [3.05, 3.63) is 112 Å². The molecule has 4 aromatic rings. The molecular weight excluding hydrogens is 807 g/mol. The number of pyridine rings is 1. The van der Waals surface area contributed by atoms with E-state index >= 15 is 8.78 Å². The summed E-state index contributed by atoms with van der Waals surface area (Å²) in [5.41, 5.74) is -1.84. The number of alkyl halides is 2. The van der Waals surface area contributed by atoms with Gasteiger partial charge in [0.2, 0.25) is 17.7 Å². The Morgan fingerprint density at radius 2 is 1.70 bits per heavy atom. The van der Waals surface area contributed by atoms with Crippen LogP contribution in [0.25, 0.3) is 10.8 Å². The number of nitrogens with one attached hydrogen (secondary N) is 2. The number of carbonyl (C=O) groups excluding carboxylic acids is 4. The summed E-state index contributed by atoms with van der Waals surface area (Å²) < 4.78 is 59.5. The van der Waals surface area contributed by atoms with Crippen LogP contribution >= 0.6 is 7.52 Å². The smallest absolute Gasteiger partial charge is 0.355 e. The van der Waals surface area contributed by atoms with Gasteiger partial charge in [-0.05, 0) is 97.3 Å². The lowest BCUT2D eigenvalue weighted by Crippen LogP contribution is -2.56. The van der Waals surface area contributed by atoms with E-state index in [9.17, 15) is 28.5 Å². The maximum Gasteiger partial charge on any atom is 0.355 e. The Balaban J connectivity index is 1.08. The second-order valence-corrected chi connectivity index (χ2v) is 18.4. The van der Waals surface area contributed by atoms with Gasteiger partial charge in [-0.15, -0.1) is 0 Å². The van der Waals surface area contributed by atoms with Crippen molar-refractivity contribution in [2.24, 2.45) is 7.05 Å². The fourth-order valence-corrected chi connectivity index (χ4v) is 10.5. The Labute approximate surface area is 353 Å². The van der Waals surface area contributed by atoms with Gasteiger partial charge in [0.25, 0.3) is 11.5 Å². The van der Waals surface area contributed by atoms with Gasteiger partial charge in [-0.3, -0.25) is 28.5 Å². The van der Waals surface area contributed by atoms with Crippen LogP contribution in [-0.4, -0.2) is 81.9 Å². The van der Waals surface area contributed by atoms with E-state index in [0.717, 1.165) is 6.42 Å². The molecule has 61 heavy (non-hydrogen) atoms. The van der Waals surface area contributed by atoms with Crippen molar-refractivity contribution < 1.29 is 41.8 Å². The molecule has 3 saturated heterocycles. The van der Waals surface area contributed by atoms with Crippen LogP contribution in [0.4, 0.5) is 8.78 Å². The molecule has 2 N–H and O–H groups in total. The zero-order valence-corrected chi connectivity index (χ0v) is 35.5. The molecule has 3 fully saturated rings. The number of hydrogen-bond acceptors (Lipinski definition) is 8. The van der Waals surface area contributed by atoms with Gasteiger partial charge < -0.3 is 28.9 Å². The molecule has 0 aliphatic carbocycles. The van der Waals surface area contributed by atoms with Gasteiger partial charge in [0, 0.05) is 43.9 Å². The van der Waals surface area contributed by atoms with Crippen molar-refractivity contribution in [1.29, 1.82) is 0 Å². The molecule has 16 heteroatoms. The summed E-state index contributed by atoms with van der Waals surface area (Å²) in [6.07, 6.45) is 5.66. The molecule has 7 atom stereocenters. The molecule has 0 saturated carbocycles. The molecule has 7 rings (SSSR count). The number of hydrogen-bond donors (Lipinski definition) is 2. The predicted octanol–water partition coefficient (Wildman–Crippen LogP) is 6.84. The summed E-state index contributed by atoms with van der Waals surface area (Å²) in [5.74, 6) is -4.08. The van der Waals surface area contributed by atoms with Gasteiger partial charge in [0.05, 0.1) is 13.2 Å². The third-order valence-corrected chi connectivity index (χ3v) is 14.1. The van der Waals surface area contributed by atoms with Crippen molar-refractivity contribution in [3.63, 3.8) is 0 Å². The number of likely N-dealkylation sites (tertiary alicyclic amines) is 1. The maximum atomic E-state index is 16.6. The molecule has 0 bridgehead atoms. The van der Waals surface area contributed by atoms with Crippen LogP contribution in [0.5, 0.6) is 5.75 Å². The number of aryl methyl sites for hydroxylation is 1. The molecule has 3 amide bonds. The van der Waals surface area contributed by atoms with Gasteiger partial charge in [0.15, 0.2) is 5.67 Å². The summed E-state index contributed by atoms with van der Waals surface area (Å²) in [7, 11) is -2.91. The largest absolute Gasteiger partial charge is 0.465 e. The third-order valence-electron chi connectivity index (χ3n) is 11.9. The maximum absolute atomic E-state index is 16.6. The van der Waals surface area contributed by atoms with E-state index in [1.165, 1.54) is 52.9 Å². The van der Waals surface area contributed by atoms with Crippen LogP contribution in [0.15, 0.2) is 89.9 Å². The van der Waals surface area contributed by atoms with Gasteiger partial charge in [-0.2, -0.15) is 0 Å². The highest BCUT2D eigenvalue weighted by molar-refractivity contribution is 7.57. The summed E-state index contributed by atoms with van der Waals surface area (Å²) in [6, 6.07) is 17.2. The van der Waals surface area contributed by atoms with E-state index in [1.807, 2.05) is 6.92 Å². The predicted molar refractivity (Wildman–Crippen MR) is 225 cm³/mol. The summed E-state index contributed by atoms with van der Waals surface area (Å²) in [6.45, 7) is 3.30. The quantitative estimate of drug-likeness (QED) is 0.109. The first-order valence-electron chi connectivity index (χ1n) is 20.9. The number of fused-ring (bicyclic) bond motifs is 2. The van der Waals surface area contributed by atoms with E-state index < -0.39 is 49.1 Å².